The highest BCUT2D eigenvalue weighted by molar-refractivity contribution is 5.91. The van der Waals surface area contributed by atoms with Crippen molar-refractivity contribution in [3.05, 3.63) is 12.2 Å². The number of hydrogen-bond donors (Lipinski definition) is 0. The second-order valence-electron chi connectivity index (χ2n) is 3.06. The fourth-order valence-corrected chi connectivity index (χ4v) is 0.923. The molecular weight excluding hydrogens is 240 g/mol. The molecular formula is C12H20O6. The molecule has 0 fully saturated rings. The highest BCUT2D eigenvalue weighted by Crippen LogP contribution is 1.87. The van der Waals surface area contributed by atoms with E-state index in [-0.39, 0.29) is 13.2 Å². The van der Waals surface area contributed by atoms with E-state index in [4.69, 9.17) is 18.9 Å². The van der Waals surface area contributed by atoms with Crippen LogP contribution in [0.4, 0.5) is 0 Å². The van der Waals surface area contributed by atoms with Crippen LogP contribution in [0.1, 0.15) is 13.8 Å². The monoisotopic (exact) mass is 260 g/mol. The zero-order valence-corrected chi connectivity index (χ0v) is 10.8. The van der Waals surface area contributed by atoms with Crippen molar-refractivity contribution in [2.75, 3.05) is 39.6 Å². The van der Waals surface area contributed by atoms with E-state index in [1.54, 1.807) is 0 Å². The lowest BCUT2D eigenvalue weighted by atomic mass is 10.5. The molecule has 0 atom stereocenters. The summed E-state index contributed by atoms with van der Waals surface area (Å²) in [5, 5.41) is 0. The van der Waals surface area contributed by atoms with Gasteiger partial charge in [-0.15, -0.1) is 0 Å². The van der Waals surface area contributed by atoms with E-state index >= 15 is 0 Å². The van der Waals surface area contributed by atoms with Crippen LogP contribution in [0.2, 0.25) is 0 Å². The van der Waals surface area contributed by atoms with Crippen molar-refractivity contribution in [1.29, 1.82) is 0 Å². The summed E-state index contributed by atoms with van der Waals surface area (Å²) in [7, 11) is 0. The molecule has 0 aliphatic heterocycles. The van der Waals surface area contributed by atoms with E-state index in [1.165, 1.54) is 0 Å². The van der Waals surface area contributed by atoms with Gasteiger partial charge in [-0.3, -0.25) is 0 Å². The van der Waals surface area contributed by atoms with Crippen LogP contribution >= 0.6 is 0 Å². The summed E-state index contributed by atoms with van der Waals surface area (Å²) in [6.07, 6.45) is 2.05. The van der Waals surface area contributed by atoms with Gasteiger partial charge in [-0.05, 0) is 13.8 Å². The minimum Gasteiger partial charge on any atom is -0.460 e. The lowest BCUT2D eigenvalue weighted by Crippen LogP contribution is -2.10. The number of esters is 2. The van der Waals surface area contributed by atoms with Gasteiger partial charge in [0.25, 0.3) is 0 Å². The summed E-state index contributed by atoms with van der Waals surface area (Å²) >= 11 is 0. The summed E-state index contributed by atoms with van der Waals surface area (Å²) in [4.78, 5) is 22.2. The summed E-state index contributed by atoms with van der Waals surface area (Å²) in [5.41, 5.74) is 0. The molecule has 18 heavy (non-hydrogen) atoms. The van der Waals surface area contributed by atoms with Gasteiger partial charge in [0, 0.05) is 25.4 Å². The van der Waals surface area contributed by atoms with Crippen molar-refractivity contribution in [2.24, 2.45) is 0 Å². The van der Waals surface area contributed by atoms with Gasteiger partial charge in [-0.25, -0.2) is 9.59 Å². The average Bonchev–Trinajstić information content (AvgIpc) is 2.37. The molecule has 104 valence electrons. The summed E-state index contributed by atoms with van der Waals surface area (Å²) in [6.45, 7) is 5.84. The van der Waals surface area contributed by atoms with Gasteiger partial charge in [0.1, 0.15) is 13.2 Å². The molecule has 6 nitrogen and oxygen atoms in total. The zero-order valence-electron chi connectivity index (χ0n) is 10.8. The van der Waals surface area contributed by atoms with Gasteiger partial charge in [-0.2, -0.15) is 0 Å². The van der Waals surface area contributed by atoms with Crippen LogP contribution < -0.4 is 0 Å². The van der Waals surface area contributed by atoms with Crippen molar-refractivity contribution in [1.82, 2.24) is 0 Å². The van der Waals surface area contributed by atoms with Crippen LogP contribution in [0.5, 0.6) is 0 Å². The number of carbonyl (C=O) groups is 2. The Bertz CT molecular complexity index is 235. The standard InChI is InChI=1S/C12H20O6/c1-3-15-7-9-17-11(13)5-6-12(14)18-10-8-16-4-2/h5-6H,3-4,7-10H2,1-2H3. The Labute approximate surface area is 107 Å². The van der Waals surface area contributed by atoms with E-state index in [9.17, 15) is 9.59 Å². The first kappa shape index (κ1) is 16.6. The Kier molecular flexibility index (Phi) is 11.1. The summed E-state index contributed by atoms with van der Waals surface area (Å²) in [6, 6.07) is 0. The fraction of sp³-hybridized carbons (Fsp3) is 0.667. The molecule has 0 rings (SSSR count). The Morgan fingerprint density at radius 3 is 1.50 bits per heavy atom. The van der Waals surface area contributed by atoms with Gasteiger partial charge in [0.15, 0.2) is 0 Å². The third kappa shape index (κ3) is 11.1. The van der Waals surface area contributed by atoms with Crippen LogP contribution in [-0.2, 0) is 28.5 Å². The van der Waals surface area contributed by atoms with Crippen molar-refractivity contribution < 1.29 is 28.5 Å². The molecule has 0 unspecified atom stereocenters. The van der Waals surface area contributed by atoms with Crippen LogP contribution in [0, 0.1) is 0 Å². The van der Waals surface area contributed by atoms with Gasteiger partial charge >= 0.3 is 11.9 Å². The van der Waals surface area contributed by atoms with Crippen molar-refractivity contribution in [3.8, 4) is 0 Å². The first-order valence-electron chi connectivity index (χ1n) is 5.87. The number of ether oxygens (including phenoxy) is 4. The quantitative estimate of drug-likeness (QED) is 0.327. The minimum absolute atomic E-state index is 0.163. The van der Waals surface area contributed by atoms with Gasteiger partial charge < -0.3 is 18.9 Å². The Hall–Kier alpha value is -1.40. The molecule has 6 heteroatoms. The van der Waals surface area contributed by atoms with E-state index in [1.807, 2.05) is 13.8 Å². The highest BCUT2D eigenvalue weighted by Gasteiger charge is 2.00. The minimum atomic E-state index is -0.600. The topological polar surface area (TPSA) is 71.1 Å². The third-order valence-corrected chi connectivity index (χ3v) is 1.71. The lowest BCUT2D eigenvalue weighted by Gasteiger charge is -2.02. The van der Waals surface area contributed by atoms with E-state index < -0.39 is 11.9 Å². The molecule has 0 amide bonds. The van der Waals surface area contributed by atoms with Crippen LogP contribution in [0.3, 0.4) is 0 Å². The average molecular weight is 260 g/mol. The van der Waals surface area contributed by atoms with Crippen molar-refractivity contribution in [2.45, 2.75) is 13.8 Å². The predicted molar refractivity (Wildman–Crippen MR) is 64.0 cm³/mol. The molecule has 0 saturated carbocycles. The molecule has 0 aliphatic rings. The zero-order chi connectivity index (χ0) is 13.6. The molecule has 0 aromatic carbocycles. The van der Waals surface area contributed by atoms with E-state index in [2.05, 4.69) is 0 Å². The van der Waals surface area contributed by atoms with E-state index in [0.29, 0.717) is 26.4 Å². The van der Waals surface area contributed by atoms with Gasteiger partial charge in [0.05, 0.1) is 13.2 Å². The maximum Gasteiger partial charge on any atom is 0.331 e. The molecule has 0 saturated heterocycles. The third-order valence-electron chi connectivity index (χ3n) is 1.71. The predicted octanol–water partition coefficient (Wildman–Crippen LogP) is 0.702. The second kappa shape index (κ2) is 12.1. The Balaban J connectivity index is 3.58. The first-order chi connectivity index (χ1) is 8.70. The molecule has 0 radical (unpaired) electrons. The van der Waals surface area contributed by atoms with E-state index in [0.717, 1.165) is 12.2 Å². The SMILES string of the molecule is CCOCCOC(=O)C=CC(=O)OCCOCC. The summed E-state index contributed by atoms with van der Waals surface area (Å²) in [5.74, 6) is -1.20. The number of hydrogen-bond acceptors (Lipinski definition) is 6. The van der Waals surface area contributed by atoms with Crippen LogP contribution in [0.25, 0.3) is 0 Å². The number of carbonyl (C=O) groups excluding carboxylic acids is 2. The molecule has 0 aromatic rings. The Morgan fingerprint density at radius 2 is 1.17 bits per heavy atom. The molecule has 0 aromatic heterocycles. The second-order valence-corrected chi connectivity index (χ2v) is 3.06. The highest BCUT2D eigenvalue weighted by atomic mass is 16.6. The fourth-order valence-electron chi connectivity index (χ4n) is 0.923. The van der Waals surface area contributed by atoms with Crippen molar-refractivity contribution in [3.63, 3.8) is 0 Å². The van der Waals surface area contributed by atoms with Crippen molar-refractivity contribution >= 4 is 11.9 Å². The Morgan fingerprint density at radius 1 is 0.778 bits per heavy atom. The smallest absolute Gasteiger partial charge is 0.331 e. The maximum atomic E-state index is 11.1. The van der Waals surface area contributed by atoms with Gasteiger partial charge in [-0.1, -0.05) is 0 Å². The lowest BCUT2D eigenvalue weighted by molar-refractivity contribution is -0.141. The molecule has 0 spiro atoms. The largest absolute Gasteiger partial charge is 0.460 e. The number of rotatable bonds is 10. The maximum absolute atomic E-state index is 11.1. The van der Waals surface area contributed by atoms with Crippen LogP contribution in [-0.4, -0.2) is 51.6 Å². The molecule has 0 bridgehead atoms. The molecule has 0 N–H and O–H groups in total. The summed E-state index contributed by atoms with van der Waals surface area (Å²) < 4.78 is 19.5. The molecule has 0 heterocycles. The molecule has 0 aliphatic carbocycles. The normalized spacial score (nSPS) is 10.6. The first-order valence-corrected chi connectivity index (χ1v) is 5.87. The van der Waals surface area contributed by atoms with Gasteiger partial charge in [0.2, 0.25) is 0 Å². The van der Waals surface area contributed by atoms with Crippen LogP contribution in [0.15, 0.2) is 12.2 Å².